The van der Waals surface area contributed by atoms with Crippen LogP contribution in [0.15, 0.2) is 65.3 Å². The summed E-state index contributed by atoms with van der Waals surface area (Å²) in [4.78, 5) is 15.8. The molecular formula is C29H24F4N6O2. The van der Waals surface area contributed by atoms with Gasteiger partial charge in [0.05, 0.1) is 0 Å². The maximum absolute atomic E-state index is 14.2. The molecule has 41 heavy (non-hydrogen) atoms. The molecule has 5 aromatic rings. The van der Waals surface area contributed by atoms with Crippen molar-refractivity contribution in [3.8, 4) is 34.0 Å². The lowest BCUT2D eigenvalue weighted by molar-refractivity contribution is -0.136. The summed E-state index contributed by atoms with van der Waals surface area (Å²) >= 11 is 0. The number of alkyl halides is 3. The average Bonchev–Trinajstić information content (AvgIpc) is 3.67. The summed E-state index contributed by atoms with van der Waals surface area (Å²) in [5.41, 5.74) is 1.48. The Morgan fingerprint density at radius 2 is 1.93 bits per heavy atom. The van der Waals surface area contributed by atoms with Gasteiger partial charge < -0.3 is 19.6 Å². The molecule has 1 atom stereocenters. The summed E-state index contributed by atoms with van der Waals surface area (Å²) in [5.74, 6) is 0.00683. The quantitative estimate of drug-likeness (QED) is 0.254. The molecule has 0 saturated carbocycles. The highest BCUT2D eigenvalue weighted by Crippen LogP contribution is 2.39. The molecule has 1 aliphatic heterocycles. The van der Waals surface area contributed by atoms with Crippen molar-refractivity contribution in [3.05, 3.63) is 77.9 Å². The van der Waals surface area contributed by atoms with Gasteiger partial charge in [0.15, 0.2) is 11.4 Å². The average molecular weight is 565 g/mol. The summed E-state index contributed by atoms with van der Waals surface area (Å²) in [6.07, 6.45) is -2.02. The lowest BCUT2D eigenvalue weighted by Gasteiger charge is -2.13. The van der Waals surface area contributed by atoms with E-state index in [2.05, 4.69) is 25.8 Å². The first kappa shape index (κ1) is 26.6. The van der Waals surface area contributed by atoms with Crippen LogP contribution in [0.25, 0.3) is 45.1 Å². The summed E-state index contributed by atoms with van der Waals surface area (Å²) in [6.45, 7) is 0.611. The van der Waals surface area contributed by atoms with E-state index in [1.807, 2.05) is 0 Å². The van der Waals surface area contributed by atoms with Gasteiger partial charge in [0.25, 0.3) is 0 Å². The number of hydrogen-bond donors (Lipinski definition) is 2. The van der Waals surface area contributed by atoms with Crippen LogP contribution in [-0.4, -0.2) is 38.2 Å². The number of halogens is 4. The van der Waals surface area contributed by atoms with Gasteiger partial charge in [0, 0.05) is 43.7 Å². The number of carbonyl (C=O) groups is 1. The summed E-state index contributed by atoms with van der Waals surface area (Å²) in [6, 6.07) is 13.8. The van der Waals surface area contributed by atoms with Crippen molar-refractivity contribution >= 4 is 17.0 Å². The van der Waals surface area contributed by atoms with Crippen molar-refractivity contribution in [2.45, 2.75) is 31.6 Å². The minimum atomic E-state index is -4.66. The molecule has 0 aliphatic carbocycles. The molecule has 1 saturated heterocycles. The van der Waals surface area contributed by atoms with Gasteiger partial charge >= 0.3 is 6.18 Å². The smallest absolute Gasteiger partial charge is 0.420 e. The van der Waals surface area contributed by atoms with Crippen LogP contribution >= 0.6 is 0 Å². The number of fused-ring (bicyclic) bond motifs is 1. The Morgan fingerprint density at radius 3 is 2.66 bits per heavy atom. The van der Waals surface area contributed by atoms with E-state index < -0.39 is 17.6 Å². The molecule has 1 unspecified atom stereocenters. The number of carbonyl (C=O) groups excluding carboxylic acids is 1. The lowest BCUT2D eigenvalue weighted by Crippen LogP contribution is -2.35. The second-order valence-corrected chi connectivity index (χ2v) is 9.98. The zero-order valence-corrected chi connectivity index (χ0v) is 21.8. The van der Waals surface area contributed by atoms with Crippen LogP contribution in [0.4, 0.5) is 17.6 Å². The molecule has 1 fully saturated rings. The molecule has 2 aromatic heterocycles. The molecule has 1 aliphatic rings. The number of amides is 1. The fourth-order valence-electron chi connectivity index (χ4n) is 5.05. The molecule has 210 valence electrons. The third-order valence-electron chi connectivity index (χ3n) is 7.01. The Labute approximate surface area is 231 Å². The first-order valence-corrected chi connectivity index (χ1v) is 12.9. The number of nitrogens with zero attached hydrogens (tertiary/aromatic N) is 4. The van der Waals surface area contributed by atoms with Gasteiger partial charge in [-0.1, -0.05) is 18.2 Å². The van der Waals surface area contributed by atoms with Gasteiger partial charge in [-0.25, -0.2) is 9.37 Å². The SMILES string of the molecule is Cn1cnnc1-c1cc(F)ccc1-c1cccc(-c2nc3cc(CNCC4CCC(=O)N4)cc(C(F)(F)F)c3o2)c1. The zero-order chi connectivity index (χ0) is 28.7. The van der Waals surface area contributed by atoms with Crippen LogP contribution in [0.1, 0.15) is 24.0 Å². The van der Waals surface area contributed by atoms with E-state index in [0.717, 1.165) is 6.07 Å². The molecule has 0 spiro atoms. The first-order chi connectivity index (χ1) is 19.7. The van der Waals surface area contributed by atoms with Crippen LogP contribution < -0.4 is 10.6 Å². The van der Waals surface area contributed by atoms with E-state index >= 15 is 0 Å². The molecule has 6 rings (SSSR count). The van der Waals surface area contributed by atoms with Gasteiger partial charge in [-0.05, 0) is 59.5 Å². The fourth-order valence-corrected chi connectivity index (χ4v) is 5.05. The zero-order valence-electron chi connectivity index (χ0n) is 21.8. The number of aromatic nitrogens is 4. The van der Waals surface area contributed by atoms with Crippen LogP contribution in [0.5, 0.6) is 0 Å². The Bertz CT molecular complexity index is 1760. The lowest BCUT2D eigenvalue weighted by atomic mass is 9.97. The Morgan fingerprint density at radius 1 is 1.10 bits per heavy atom. The van der Waals surface area contributed by atoms with E-state index in [0.29, 0.717) is 53.0 Å². The van der Waals surface area contributed by atoms with Crippen molar-refractivity contribution in [3.63, 3.8) is 0 Å². The molecule has 3 aromatic carbocycles. The third-order valence-corrected chi connectivity index (χ3v) is 7.01. The first-order valence-electron chi connectivity index (χ1n) is 12.9. The minimum Gasteiger partial charge on any atom is -0.435 e. The number of oxazole rings is 1. The Kier molecular flexibility index (Phi) is 6.78. The fraction of sp³-hybridized carbons (Fsp3) is 0.241. The van der Waals surface area contributed by atoms with Crippen molar-refractivity contribution < 1.29 is 26.8 Å². The predicted octanol–water partition coefficient (Wildman–Crippen LogP) is 5.48. The number of nitrogens with one attached hydrogen (secondary N) is 2. The van der Waals surface area contributed by atoms with Crippen LogP contribution in [0, 0.1) is 5.82 Å². The monoisotopic (exact) mass is 564 g/mol. The van der Waals surface area contributed by atoms with Gasteiger partial charge in [0.1, 0.15) is 23.2 Å². The van der Waals surface area contributed by atoms with Gasteiger partial charge in [-0.15, -0.1) is 10.2 Å². The Balaban J connectivity index is 1.35. The number of aryl methyl sites for hydroxylation is 1. The predicted molar refractivity (Wildman–Crippen MR) is 143 cm³/mol. The van der Waals surface area contributed by atoms with Crippen LogP contribution in [0.3, 0.4) is 0 Å². The maximum Gasteiger partial charge on any atom is 0.420 e. The Hall–Kier alpha value is -4.58. The number of rotatable bonds is 7. The summed E-state index contributed by atoms with van der Waals surface area (Å²) in [5, 5.41) is 13.9. The topological polar surface area (TPSA) is 97.9 Å². The van der Waals surface area contributed by atoms with Crippen molar-refractivity contribution in [1.82, 2.24) is 30.4 Å². The molecule has 0 bridgehead atoms. The normalized spacial score (nSPS) is 15.5. The molecule has 2 N–H and O–H groups in total. The molecule has 12 heteroatoms. The van der Waals surface area contributed by atoms with Crippen molar-refractivity contribution in [2.24, 2.45) is 7.05 Å². The van der Waals surface area contributed by atoms with Crippen molar-refractivity contribution in [2.75, 3.05) is 6.54 Å². The second kappa shape index (κ2) is 10.4. The van der Waals surface area contributed by atoms with E-state index in [1.54, 1.807) is 48.0 Å². The highest BCUT2D eigenvalue weighted by molar-refractivity contribution is 5.84. The highest BCUT2D eigenvalue weighted by Gasteiger charge is 2.35. The van der Waals surface area contributed by atoms with Crippen molar-refractivity contribution in [1.29, 1.82) is 0 Å². The van der Waals surface area contributed by atoms with E-state index in [-0.39, 0.29) is 35.5 Å². The molecule has 3 heterocycles. The largest absolute Gasteiger partial charge is 0.435 e. The number of hydrogen-bond acceptors (Lipinski definition) is 6. The molecular weight excluding hydrogens is 540 g/mol. The number of benzene rings is 3. The third kappa shape index (κ3) is 5.42. The van der Waals surface area contributed by atoms with Crippen LogP contribution in [-0.2, 0) is 24.6 Å². The van der Waals surface area contributed by atoms with Gasteiger partial charge in [-0.2, -0.15) is 13.2 Å². The summed E-state index contributed by atoms with van der Waals surface area (Å²) < 4.78 is 63.7. The molecule has 8 nitrogen and oxygen atoms in total. The minimum absolute atomic E-state index is 0.0217. The molecule has 0 radical (unpaired) electrons. The summed E-state index contributed by atoms with van der Waals surface area (Å²) in [7, 11) is 1.74. The van der Waals surface area contributed by atoms with E-state index in [1.165, 1.54) is 18.5 Å². The van der Waals surface area contributed by atoms with Gasteiger partial charge in [-0.3, -0.25) is 4.79 Å². The van der Waals surface area contributed by atoms with Crippen LogP contribution in [0.2, 0.25) is 0 Å². The standard InChI is InChI=1S/C29H24F4N6O2/c1-39-15-35-38-27(39)22-12-19(30)5-7-21(22)17-3-2-4-18(11-17)28-37-24-10-16(9-23(26(24)41-28)29(31,32)33)13-34-14-20-6-8-25(40)36-20/h2-5,7,9-12,15,20,34H,6,8,13-14H2,1H3,(H,36,40). The van der Waals surface area contributed by atoms with E-state index in [9.17, 15) is 22.4 Å². The second-order valence-electron chi connectivity index (χ2n) is 9.98. The molecule has 1 amide bonds. The van der Waals surface area contributed by atoms with Gasteiger partial charge in [0.2, 0.25) is 11.8 Å². The van der Waals surface area contributed by atoms with E-state index in [4.69, 9.17) is 4.42 Å². The maximum atomic E-state index is 14.2. The highest BCUT2D eigenvalue weighted by atomic mass is 19.4.